The number of urea groups is 1. The number of nitro benzene ring substituents is 1. The summed E-state index contributed by atoms with van der Waals surface area (Å²) in [5.74, 6) is 0.899. The van der Waals surface area contributed by atoms with Gasteiger partial charge in [-0.15, -0.1) is 0 Å². The van der Waals surface area contributed by atoms with Gasteiger partial charge >= 0.3 is 6.03 Å². The van der Waals surface area contributed by atoms with E-state index in [1.54, 1.807) is 48.5 Å². The number of amides is 3. The van der Waals surface area contributed by atoms with Crippen molar-refractivity contribution in [3.63, 3.8) is 0 Å². The molecule has 0 radical (unpaired) electrons. The number of benzene rings is 4. The van der Waals surface area contributed by atoms with Crippen molar-refractivity contribution in [2.24, 2.45) is 0 Å². The van der Waals surface area contributed by atoms with Gasteiger partial charge in [0.1, 0.15) is 11.5 Å². The topological polar surface area (TPSA) is 114 Å². The average molecular weight is 531 g/mol. The molecule has 0 saturated carbocycles. The molecule has 4 aromatic rings. The van der Waals surface area contributed by atoms with E-state index in [-0.39, 0.29) is 24.7 Å². The molecule has 0 aliphatic rings. The SMILES string of the molecule is O=C(NCCN(C(=O)Nc1ccc([N+](=O)[O-])cc1)c1ccc(Oc2ccccc2)cc1)c1ccccc1Cl. The molecule has 0 bridgehead atoms. The van der Waals surface area contributed by atoms with Gasteiger partial charge in [0.2, 0.25) is 0 Å². The number of non-ortho nitro benzene ring substituents is 1. The first kappa shape index (κ1) is 26.2. The highest BCUT2D eigenvalue weighted by Gasteiger charge is 2.18. The van der Waals surface area contributed by atoms with Crippen LogP contribution in [0.25, 0.3) is 0 Å². The third kappa shape index (κ3) is 6.86. The number of para-hydroxylation sites is 1. The summed E-state index contributed by atoms with van der Waals surface area (Å²) < 4.78 is 5.83. The van der Waals surface area contributed by atoms with E-state index in [2.05, 4.69) is 10.6 Å². The number of hydrogen-bond acceptors (Lipinski definition) is 5. The molecule has 4 aromatic carbocycles. The van der Waals surface area contributed by atoms with Gasteiger partial charge in [-0.05, 0) is 60.7 Å². The van der Waals surface area contributed by atoms with Gasteiger partial charge in [-0.1, -0.05) is 41.9 Å². The minimum atomic E-state index is -0.515. The van der Waals surface area contributed by atoms with Gasteiger partial charge in [0.15, 0.2) is 0 Å². The number of nitrogens with one attached hydrogen (secondary N) is 2. The van der Waals surface area contributed by atoms with Crippen LogP contribution in [0.3, 0.4) is 0 Å². The van der Waals surface area contributed by atoms with Gasteiger partial charge in [-0.2, -0.15) is 0 Å². The number of rotatable bonds is 9. The average Bonchev–Trinajstić information content (AvgIpc) is 2.92. The van der Waals surface area contributed by atoms with Crippen LogP contribution in [0.15, 0.2) is 103 Å². The molecule has 9 nitrogen and oxygen atoms in total. The molecule has 192 valence electrons. The Morgan fingerprint density at radius 1 is 0.842 bits per heavy atom. The Balaban J connectivity index is 1.48. The van der Waals surface area contributed by atoms with Crippen LogP contribution >= 0.6 is 11.6 Å². The fourth-order valence-electron chi connectivity index (χ4n) is 3.55. The maximum atomic E-state index is 13.2. The Labute approximate surface area is 223 Å². The van der Waals surface area contributed by atoms with Crippen LogP contribution in [0.2, 0.25) is 5.02 Å². The van der Waals surface area contributed by atoms with Crippen molar-refractivity contribution in [1.29, 1.82) is 0 Å². The fraction of sp³-hybridized carbons (Fsp3) is 0.0714. The number of anilines is 2. The quantitative estimate of drug-likeness (QED) is 0.189. The van der Waals surface area contributed by atoms with Gasteiger partial charge in [0.25, 0.3) is 11.6 Å². The highest BCUT2D eigenvalue weighted by Crippen LogP contribution is 2.25. The molecular weight excluding hydrogens is 508 g/mol. The van der Waals surface area contributed by atoms with Crippen molar-refractivity contribution in [1.82, 2.24) is 5.32 Å². The third-order valence-electron chi connectivity index (χ3n) is 5.44. The highest BCUT2D eigenvalue weighted by molar-refractivity contribution is 6.33. The van der Waals surface area contributed by atoms with E-state index in [1.807, 2.05) is 30.3 Å². The molecule has 3 amide bonds. The lowest BCUT2D eigenvalue weighted by molar-refractivity contribution is -0.384. The Morgan fingerprint density at radius 2 is 1.47 bits per heavy atom. The number of halogens is 1. The van der Waals surface area contributed by atoms with Crippen LogP contribution in [0.4, 0.5) is 21.9 Å². The summed E-state index contributed by atoms with van der Waals surface area (Å²) in [7, 11) is 0. The Morgan fingerprint density at radius 3 is 2.13 bits per heavy atom. The second-order valence-electron chi connectivity index (χ2n) is 8.03. The standard InChI is InChI=1S/C28H23ClN4O5/c29-26-9-5-4-8-25(26)27(34)30-18-19-32(28(35)31-20-10-12-22(13-11-20)33(36)37)21-14-16-24(17-15-21)38-23-6-2-1-3-7-23/h1-17H,18-19H2,(H,30,34)(H,31,35). The van der Waals surface area contributed by atoms with Gasteiger partial charge < -0.3 is 15.4 Å². The largest absolute Gasteiger partial charge is 0.457 e. The monoisotopic (exact) mass is 530 g/mol. The zero-order valence-corrected chi connectivity index (χ0v) is 20.8. The van der Waals surface area contributed by atoms with Crippen LogP contribution in [0, 0.1) is 10.1 Å². The zero-order chi connectivity index (χ0) is 26.9. The maximum Gasteiger partial charge on any atom is 0.326 e. The smallest absolute Gasteiger partial charge is 0.326 e. The molecule has 0 saturated heterocycles. The second-order valence-corrected chi connectivity index (χ2v) is 8.44. The number of nitro groups is 1. The summed E-state index contributed by atoms with van der Waals surface area (Å²) in [6.45, 7) is 0.272. The molecule has 0 heterocycles. The molecular formula is C28H23ClN4O5. The molecule has 0 aliphatic heterocycles. The van der Waals surface area contributed by atoms with Crippen molar-refractivity contribution < 1.29 is 19.2 Å². The third-order valence-corrected chi connectivity index (χ3v) is 5.77. The van der Waals surface area contributed by atoms with Gasteiger partial charge in [0, 0.05) is 36.6 Å². The van der Waals surface area contributed by atoms with Gasteiger partial charge in [0.05, 0.1) is 15.5 Å². The van der Waals surface area contributed by atoms with Crippen LogP contribution in [-0.4, -0.2) is 30.0 Å². The van der Waals surface area contributed by atoms with E-state index in [1.165, 1.54) is 29.2 Å². The Hall–Kier alpha value is -4.89. The van der Waals surface area contributed by atoms with E-state index >= 15 is 0 Å². The number of ether oxygens (including phenoxy) is 1. The molecule has 4 rings (SSSR count). The second kappa shape index (κ2) is 12.4. The van der Waals surface area contributed by atoms with E-state index in [0.29, 0.717) is 33.5 Å². The first-order valence-corrected chi connectivity index (χ1v) is 12.0. The summed E-state index contributed by atoms with van der Waals surface area (Å²) in [5.41, 5.74) is 1.18. The molecule has 0 aliphatic carbocycles. The predicted octanol–water partition coefficient (Wildman–Crippen LogP) is 6.51. The lowest BCUT2D eigenvalue weighted by Crippen LogP contribution is -2.41. The van der Waals surface area contributed by atoms with E-state index in [9.17, 15) is 19.7 Å². The van der Waals surface area contributed by atoms with Crippen LogP contribution in [-0.2, 0) is 0 Å². The summed E-state index contributed by atoms with van der Waals surface area (Å²) in [6, 6.07) is 27.9. The highest BCUT2D eigenvalue weighted by atomic mass is 35.5. The summed E-state index contributed by atoms with van der Waals surface area (Å²) >= 11 is 6.11. The van der Waals surface area contributed by atoms with E-state index in [0.717, 1.165) is 0 Å². The van der Waals surface area contributed by atoms with Crippen LogP contribution < -0.4 is 20.3 Å². The molecule has 0 fully saturated rings. The number of nitrogens with zero attached hydrogens (tertiary/aromatic N) is 2. The van der Waals surface area contributed by atoms with Crippen LogP contribution in [0.5, 0.6) is 11.5 Å². The first-order valence-electron chi connectivity index (χ1n) is 11.6. The minimum Gasteiger partial charge on any atom is -0.457 e. The molecule has 0 atom stereocenters. The molecule has 10 heteroatoms. The zero-order valence-electron chi connectivity index (χ0n) is 20.0. The lowest BCUT2D eigenvalue weighted by atomic mass is 10.2. The predicted molar refractivity (Wildman–Crippen MR) is 146 cm³/mol. The Kier molecular flexibility index (Phi) is 8.53. The maximum absolute atomic E-state index is 13.2. The number of carbonyl (C=O) groups is 2. The summed E-state index contributed by atoms with van der Waals surface area (Å²) in [5, 5.41) is 16.8. The molecule has 38 heavy (non-hydrogen) atoms. The number of carbonyl (C=O) groups excluding carboxylic acids is 2. The van der Waals surface area contributed by atoms with Crippen molar-refractivity contribution in [2.75, 3.05) is 23.3 Å². The lowest BCUT2D eigenvalue weighted by Gasteiger charge is -2.24. The van der Waals surface area contributed by atoms with Crippen LogP contribution in [0.1, 0.15) is 10.4 Å². The molecule has 0 aromatic heterocycles. The van der Waals surface area contributed by atoms with Crippen molar-refractivity contribution in [3.05, 3.63) is 124 Å². The van der Waals surface area contributed by atoms with Gasteiger partial charge in [-0.25, -0.2) is 4.79 Å². The Bertz CT molecular complexity index is 1410. The van der Waals surface area contributed by atoms with Crippen molar-refractivity contribution >= 4 is 40.6 Å². The normalized spacial score (nSPS) is 10.3. The summed E-state index contributed by atoms with van der Waals surface area (Å²) in [4.78, 5) is 37.6. The van der Waals surface area contributed by atoms with E-state index < -0.39 is 11.0 Å². The van der Waals surface area contributed by atoms with Gasteiger partial charge in [-0.3, -0.25) is 19.8 Å². The molecule has 2 N–H and O–H groups in total. The van der Waals surface area contributed by atoms with Crippen molar-refractivity contribution in [3.8, 4) is 11.5 Å². The molecule has 0 spiro atoms. The van der Waals surface area contributed by atoms with E-state index in [4.69, 9.17) is 16.3 Å². The number of hydrogen-bond donors (Lipinski definition) is 2. The first-order chi connectivity index (χ1) is 18.4. The minimum absolute atomic E-state index is 0.0869. The fourth-order valence-corrected chi connectivity index (χ4v) is 3.77. The van der Waals surface area contributed by atoms with Crippen molar-refractivity contribution in [2.45, 2.75) is 0 Å². The molecule has 0 unspecified atom stereocenters. The summed E-state index contributed by atoms with van der Waals surface area (Å²) in [6.07, 6.45) is 0.